The fraction of sp³-hybridized carbons (Fsp3) is 0.269. The number of nitrogens with zero attached hydrogens (tertiary/aromatic N) is 6. The van der Waals surface area contributed by atoms with Gasteiger partial charge in [0.1, 0.15) is 23.3 Å². The lowest BCUT2D eigenvalue weighted by Crippen LogP contribution is -2.30. The molecule has 39 heavy (non-hydrogen) atoms. The third-order valence-corrected chi connectivity index (χ3v) is 8.76. The highest BCUT2D eigenvalue weighted by molar-refractivity contribution is 7.91. The van der Waals surface area contributed by atoms with Crippen LogP contribution in [0.5, 0.6) is 5.75 Å². The van der Waals surface area contributed by atoms with E-state index in [4.69, 9.17) is 21.1 Å². The summed E-state index contributed by atoms with van der Waals surface area (Å²) in [5.74, 6) is 0.885. The average Bonchev–Trinajstić information content (AvgIpc) is 3.53. The van der Waals surface area contributed by atoms with Gasteiger partial charge in [-0.3, -0.25) is 9.67 Å². The number of methoxy groups -OCH3 is 2. The van der Waals surface area contributed by atoms with Gasteiger partial charge in [0.15, 0.2) is 27.3 Å². The van der Waals surface area contributed by atoms with E-state index in [1.54, 1.807) is 24.7 Å². The van der Waals surface area contributed by atoms with Gasteiger partial charge in [-0.1, -0.05) is 41.9 Å². The first-order valence-corrected chi connectivity index (χ1v) is 14.1. The molecule has 0 aliphatic heterocycles. The average molecular weight is 568 g/mol. The van der Waals surface area contributed by atoms with Crippen LogP contribution in [0.3, 0.4) is 0 Å². The minimum absolute atomic E-state index is 0.198. The molecule has 3 heterocycles. The molecule has 202 valence electrons. The minimum atomic E-state index is -3.87. The van der Waals surface area contributed by atoms with Crippen molar-refractivity contribution in [3.05, 3.63) is 77.1 Å². The maximum Gasteiger partial charge on any atom is 0.189 e. The molecule has 0 fully saturated rings. The van der Waals surface area contributed by atoms with E-state index in [0.29, 0.717) is 28.0 Å². The van der Waals surface area contributed by atoms with Gasteiger partial charge in [-0.2, -0.15) is 5.10 Å². The van der Waals surface area contributed by atoms with Crippen molar-refractivity contribution in [2.24, 2.45) is 0 Å². The Balaban J connectivity index is 1.64. The van der Waals surface area contributed by atoms with Gasteiger partial charge in [-0.25, -0.2) is 18.4 Å². The Morgan fingerprint density at radius 3 is 2.51 bits per heavy atom. The summed E-state index contributed by atoms with van der Waals surface area (Å²) in [5.41, 5.74) is 2.80. The minimum Gasteiger partial charge on any atom is -0.495 e. The molecule has 3 aromatic heterocycles. The number of para-hydroxylation sites is 2. The highest BCUT2D eigenvalue weighted by atomic mass is 35.5. The first-order valence-electron chi connectivity index (χ1n) is 12.0. The summed E-state index contributed by atoms with van der Waals surface area (Å²) in [7, 11) is -0.906. The van der Waals surface area contributed by atoms with E-state index in [1.165, 1.54) is 19.5 Å². The number of halogens is 1. The Morgan fingerprint density at radius 1 is 1.05 bits per heavy atom. The van der Waals surface area contributed by atoms with Crippen molar-refractivity contribution in [1.29, 1.82) is 0 Å². The van der Waals surface area contributed by atoms with E-state index in [2.05, 4.69) is 30.4 Å². The Bertz CT molecular complexity index is 1740. The summed E-state index contributed by atoms with van der Waals surface area (Å²) in [4.78, 5) is 8.33. The van der Waals surface area contributed by atoms with Gasteiger partial charge in [-0.15, -0.1) is 10.2 Å². The van der Waals surface area contributed by atoms with Crippen LogP contribution >= 0.6 is 11.6 Å². The monoisotopic (exact) mass is 567 g/mol. The predicted molar refractivity (Wildman–Crippen MR) is 147 cm³/mol. The van der Waals surface area contributed by atoms with Crippen LogP contribution in [0.4, 0.5) is 0 Å². The summed E-state index contributed by atoms with van der Waals surface area (Å²) >= 11 is 5.91. The van der Waals surface area contributed by atoms with Gasteiger partial charge in [0.05, 0.1) is 28.6 Å². The summed E-state index contributed by atoms with van der Waals surface area (Å²) < 4.78 is 40.4. The molecule has 0 radical (unpaired) electrons. The van der Waals surface area contributed by atoms with Gasteiger partial charge >= 0.3 is 0 Å². The topological polar surface area (TPSA) is 138 Å². The maximum atomic E-state index is 13.8. The van der Waals surface area contributed by atoms with Crippen molar-refractivity contribution in [3.8, 4) is 23.0 Å². The summed E-state index contributed by atoms with van der Waals surface area (Å²) in [6.45, 7) is 3.46. The molecule has 0 saturated carbocycles. The third-order valence-electron chi connectivity index (χ3n) is 6.53. The van der Waals surface area contributed by atoms with Crippen molar-refractivity contribution in [1.82, 2.24) is 34.9 Å². The molecule has 13 heteroatoms. The molecule has 5 aromatic rings. The number of sulfone groups is 1. The number of H-pyrrole nitrogens is 1. The number of rotatable bonds is 9. The molecule has 0 aliphatic carbocycles. The highest BCUT2D eigenvalue weighted by Gasteiger charge is 2.35. The molecule has 2 atom stereocenters. The number of hydrogen-bond donors (Lipinski definition) is 1. The molecule has 1 N–H and O–H groups in total. The SMILES string of the molecule is COc1cccc(C)c1-n1c(CS(=O)(=O)[C@@H](C)[C@H](OC)c2ncc(Cl)cn2)nnc1-c1n[nH]c2ccccc12. The number of aromatic nitrogens is 7. The van der Waals surface area contributed by atoms with Crippen LogP contribution in [0.25, 0.3) is 28.1 Å². The Morgan fingerprint density at radius 2 is 1.79 bits per heavy atom. The molecule has 0 spiro atoms. The lowest BCUT2D eigenvalue weighted by molar-refractivity contribution is 0.0948. The van der Waals surface area contributed by atoms with Gasteiger partial charge < -0.3 is 9.47 Å². The van der Waals surface area contributed by atoms with E-state index in [-0.39, 0.29) is 11.6 Å². The van der Waals surface area contributed by atoms with Crippen LogP contribution in [0.15, 0.2) is 54.9 Å². The van der Waals surface area contributed by atoms with E-state index in [1.807, 2.05) is 43.3 Å². The fourth-order valence-electron chi connectivity index (χ4n) is 4.49. The first kappa shape index (κ1) is 26.7. The van der Waals surface area contributed by atoms with Crippen molar-refractivity contribution < 1.29 is 17.9 Å². The number of nitrogens with one attached hydrogen (secondary N) is 1. The number of hydrogen-bond acceptors (Lipinski definition) is 9. The molecule has 0 amide bonds. The number of aromatic amines is 1. The lowest BCUT2D eigenvalue weighted by Gasteiger charge is -2.22. The van der Waals surface area contributed by atoms with Crippen LogP contribution in [-0.2, 0) is 20.3 Å². The van der Waals surface area contributed by atoms with Crippen molar-refractivity contribution >= 4 is 32.3 Å². The molecule has 11 nitrogen and oxygen atoms in total. The van der Waals surface area contributed by atoms with Crippen LogP contribution in [0, 0.1) is 6.92 Å². The maximum absolute atomic E-state index is 13.8. The Labute approximate surface area is 230 Å². The van der Waals surface area contributed by atoms with Crippen molar-refractivity contribution in [2.45, 2.75) is 31.0 Å². The Kier molecular flexibility index (Phi) is 7.34. The molecule has 2 aromatic carbocycles. The van der Waals surface area contributed by atoms with Crippen LogP contribution < -0.4 is 4.74 Å². The fourth-order valence-corrected chi connectivity index (χ4v) is 6.01. The smallest absolute Gasteiger partial charge is 0.189 e. The van der Waals surface area contributed by atoms with Crippen molar-refractivity contribution in [3.63, 3.8) is 0 Å². The summed E-state index contributed by atoms with van der Waals surface area (Å²) in [6.07, 6.45) is 1.87. The molecule has 0 unspecified atom stereocenters. The standard InChI is InChI=1S/C26H26ClN7O4S/c1-15-8-7-11-20(37-3)23(15)34-21(31-33-26(34)22-18-9-5-6-10-19(18)30-32-22)14-39(35,36)16(2)24(38-4)25-28-12-17(27)13-29-25/h5-13,16,24H,14H2,1-4H3,(H,30,32)/t16-,24-/m0/s1. The van der Waals surface area contributed by atoms with E-state index >= 15 is 0 Å². The Hall–Kier alpha value is -3.87. The molecule has 5 rings (SSSR count). The number of aryl methyl sites for hydroxylation is 1. The zero-order valence-electron chi connectivity index (χ0n) is 21.7. The number of benzene rings is 2. The molecule has 0 aliphatic rings. The third kappa shape index (κ3) is 4.98. The second-order valence-electron chi connectivity index (χ2n) is 8.95. The summed E-state index contributed by atoms with van der Waals surface area (Å²) in [5, 5.41) is 16.4. The predicted octanol–water partition coefficient (Wildman–Crippen LogP) is 4.26. The second kappa shape index (κ2) is 10.7. The molecular weight excluding hydrogens is 542 g/mol. The van der Waals surface area contributed by atoms with Crippen LogP contribution in [0.2, 0.25) is 5.02 Å². The van der Waals surface area contributed by atoms with E-state index in [9.17, 15) is 8.42 Å². The van der Waals surface area contributed by atoms with Gasteiger partial charge in [0.25, 0.3) is 0 Å². The van der Waals surface area contributed by atoms with Gasteiger partial charge in [0.2, 0.25) is 0 Å². The normalized spacial score (nSPS) is 13.5. The van der Waals surface area contributed by atoms with Crippen molar-refractivity contribution in [2.75, 3.05) is 14.2 Å². The quantitative estimate of drug-likeness (QED) is 0.277. The van der Waals surface area contributed by atoms with E-state index < -0.39 is 26.9 Å². The highest BCUT2D eigenvalue weighted by Crippen LogP contribution is 2.35. The molecule has 0 saturated heterocycles. The lowest BCUT2D eigenvalue weighted by atomic mass is 10.1. The zero-order chi connectivity index (χ0) is 27.7. The summed E-state index contributed by atoms with van der Waals surface area (Å²) in [6, 6.07) is 13.2. The van der Waals surface area contributed by atoms with Crippen LogP contribution in [0.1, 0.15) is 30.2 Å². The molecule has 0 bridgehead atoms. The van der Waals surface area contributed by atoms with Gasteiger partial charge in [-0.05, 0) is 31.5 Å². The van der Waals surface area contributed by atoms with Gasteiger partial charge in [0, 0.05) is 24.9 Å². The number of fused-ring (bicyclic) bond motifs is 1. The van der Waals surface area contributed by atoms with E-state index in [0.717, 1.165) is 16.5 Å². The largest absolute Gasteiger partial charge is 0.495 e. The first-order chi connectivity index (χ1) is 18.7. The molecular formula is C26H26ClN7O4S. The number of ether oxygens (including phenoxy) is 2. The van der Waals surface area contributed by atoms with Crippen LogP contribution in [-0.4, -0.2) is 62.8 Å². The zero-order valence-corrected chi connectivity index (χ0v) is 23.2. The second-order valence-corrected chi connectivity index (χ2v) is 11.7.